The van der Waals surface area contributed by atoms with Crippen molar-refractivity contribution in [3.05, 3.63) is 55.1 Å². The third-order valence-corrected chi connectivity index (χ3v) is 6.11. The highest BCUT2D eigenvalue weighted by molar-refractivity contribution is 9.10. The molecule has 1 unspecified atom stereocenters. The number of alkyl halides is 1. The highest BCUT2D eigenvalue weighted by Crippen LogP contribution is 2.41. The van der Waals surface area contributed by atoms with Gasteiger partial charge in [0.2, 0.25) is 0 Å². The molecule has 2 rings (SSSR count). The van der Waals surface area contributed by atoms with Crippen LogP contribution in [-0.2, 0) is 0 Å². The van der Waals surface area contributed by atoms with Crippen molar-refractivity contribution in [1.29, 1.82) is 0 Å². The maximum absolute atomic E-state index is 6.04. The van der Waals surface area contributed by atoms with E-state index in [-0.39, 0.29) is 4.83 Å². The van der Waals surface area contributed by atoms with Crippen molar-refractivity contribution < 1.29 is 0 Å². The van der Waals surface area contributed by atoms with Crippen molar-refractivity contribution in [1.82, 2.24) is 0 Å². The quantitative estimate of drug-likeness (QED) is 0.564. The molecule has 0 radical (unpaired) electrons. The first-order chi connectivity index (χ1) is 7.58. The summed E-state index contributed by atoms with van der Waals surface area (Å²) in [5.74, 6) is 0. The van der Waals surface area contributed by atoms with Crippen molar-refractivity contribution in [2.24, 2.45) is 0 Å². The monoisotopic (exact) mass is 378 g/mol. The predicted octanol–water partition coefficient (Wildman–Crippen LogP) is 5.96. The molecule has 1 heterocycles. The van der Waals surface area contributed by atoms with E-state index < -0.39 is 0 Å². The van der Waals surface area contributed by atoms with Gasteiger partial charge in [-0.25, -0.2) is 0 Å². The van der Waals surface area contributed by atoms with E-state index in [1.54, 1.807) is 11.3 Å². The van der Waals surface area contributed by atoms with E-state index >= 15 is 0 Å². The topological polar surface area (TPSA) is 0 Å². The average Bonchev–Trinajstić information content (AvgIpc) is 2.58. The predicted molar refractivity (Wildman–Crippen MR) is 79.0 cm³/mol. The third-order valence-electron chi connectivity index (χ3n) is 2.25. The Labute approximate surface area is 121 Å². The molecule has 4 heteroatoms. The Morgan fingerprint density at radius 3 is 2.62 bits per heavy atom. The van der Waals surface area contributed by atoms with Crippen molar-refractivity contribution >= 4 is 54.8 Å². The van der Waals surface area contributed by atoms with Crippen LogP contribution in [0.25, 0.3) is 0 Å². The Bertz CT molecular complexity index is 488. The minimum Gasteiger partial charge on any atom is -0.126 e. The second-order valence-corrected chi connectivity index (χ2v) is 7.00. The van der Waals surface area contributed by atoms with Crippen LogP contribution in [0.2, 0.25) is 4.34 Å². The first-order valence-corrected chi connectivity index (χ1v) is 7.63. The molecule has 1 atom stereocenters. The van der Waals surface area contributed by atoms with Gasteiger partial charge < -0.3 is 0 Å². The van der Waals surface area contributed by atoms with Gasteiger partial charge in [-0.1, -0.05) is 57.4 Å². The molecule has 0 saturated carbocycles. The summed E-state index contributed by atoms with van der Waals surface area (Å²) in [4.78, 5) is 1.42. The van der Waals surface area contributed by atoms with Crippen molar-refractivity contribution in [3.8, 4) is 0 Å². The van der Waals surface area contributed by atoms with Crippen LogP contribution in [0.5, 0.6) is 0 Å². The first-order valence-electron chi connectivity index (χ1n) is 4.73. The summed E-state index contributed by atoms with van der Waals surface area (Å²) in [6, 6.07) is 10.5. The molecular weight excluding hydrogens is 371 g/mol. The van der Waals surface area contributed by atoms with Crippen LogP contribution in [-0.4, -0.2) is 0 Å². The maximum Gasteiger partial charge on any atom is 0.107 e. The van der Waals surface area contributed by atoms with Gasteiger partial charge in [-0.05, 0) is 34.5 Å². The van der Waals surface area contributed by atoms with Crippen LogP contribution in [0.15, 0.2) is 34.8 Å². The molecule has 84 valence electrons. The molecule has 0 bridgehead atoms. The normalized spacial score (nSPS) is 12.8. The fraction of sp³-hybridized carbons (Fsp3) is 0.167. The smallest absolute Gasteiger partial charge is 0.107 e. The summed E-state index contributed by atoms with van der Waals surface area (Å²) in [6.45, 7) is 2.10. The Morgan fingerprint density at radius 1 is 1.31 bits per heavy atom. The second-order valence-electron chi connectivity index (χ2n) is 3.55. The maximum atomic E-state index is 6.04. The zero-order valence-corrected chi connectivity index (χ0v) is 13.3. The van der Waals surface area contributed by atoms with Gasteiger partial charge in [-0.2, -0.15) is 0 Å². The number of hydrogen-bond acceptors (Lipinski definition) is 1. The van der Waals surface area contributed by atoms with Crippen LogP contribution in [0.1, 0.15) is 20.8 Å². The molecule has 0 spiro atoms. The largest absolute Gasteiger partial charge is 0.126 e. The van der Waals surface area contributed by atoms with Crippen LogP contribution >= 0.6 is 54.8 Å². The van der Waals surface area contributed by atoms with Gasteiger partial charge in [-0.15, -0.1) is 11.3 Å². The first kappa shape index (κ1) is 12.6. The minimum absolute atomic E-state index is 0.209. The van der Waals surface area contributed by atoms with Crippen molar-refractivity contribution in [3.63, 3.8) is 0 Å². The summed E-state index contributed by atoms with van der Waals surface area (Å²) >= 11 is 14.8. The molecule has 2 aromatic rings. The van der Waals surface area contributed by atoms with Gasteiger partial charge in [0.15, 0.2) is 0 Å². The molecule has 0 N–H and O–H groups in total. The van der Waals surface area contributed by atoms with E-state index in [0.29, 0.717) is 0 Å². The Morgan fingerprint density at radius 2 is 2.06 bits per heavy atom. The van der Waals surface area contributed by atoms with Gasteiger partial charge >= 0.3 is 0 Å². The van der Waals surface area contributed by atoms with E-state index in [2.05, 4.69) is 69.1 Å². The molecule has 0 saturated heterocycles. The molecule has 16 heavy (non-hydrogen) atoms. The Balaban J connectivity index is 2.35. The molecule has 1 aromatic carbocycles. The number of aryl methyl sites for hydroxylation is 1. The summed E-state index contributed by atoms with van der Waals surface area (Å²) in [5.41, 5.74) is 2.52. The fourth-order valence-corrected chi connectivity index (χ4v) is 3.92. The second kappa shape index (κ2) is 5.21. The summed E-state index contributed by atoms with van der Waals surface area (Å²) in [5, 5.41) is 0. The standard InChI is InChI=1S/C12H9Br2ClS/c1-7-3-2-4-8(5-7)11(14)10-6-9(13)12(15)16-10/h2-6,11H,1H3. The zero-order chi connectivity index (χ0) is 11.7. The van der Waals surface area contributed by atoms with Gasteiger partial charge in [0.1, 0.15) is 4.34 Å². The van der Waals surface area contributed by atoms with Crippen LogP contribution < -0.4 is 0 Å². The van der Waals surface area contributed by atoms with Crippen LogP contribution in [0.3, 0.4) is 0 Å². The minimum atomic E-state index is 0.209. The molecular formula is C12H9Br2ClS. The number of benzene rings is 1. The lowest BCUT2D eigenvalue weighted by molar-refractivity contribution is 1.21. The fourth-order valence-electron chi connectivity index (χ4n) is 1.48. The number of hydrogen-bond donors (Lipinski definition) is 0. The summed E-state index contributed by atoms with van der Waals surface area (Å²) < 4.78 is 1.76. The highest BCUT2D eigenvalue weighted by Gasteiger charge is 2.14. The van der Waals surface area contributed by atoms with Gasteiger partial charge in [0, 0.05) is 9.35 Å². The number of halogens is 3. The lowest BCUT2D eigenvalue weighted by Crippen LogP contribution is -1.89. The summed E-state index contributed by atoms with van der Waals surface area (Å²) in [7, 11) is 0. The SMILES string of the molecule is Cc1cccc(C(Br)c2cc(Br)c(Cl)s2)c1. The van der Waals surface area contributed by atoms with Gasteiger partial charge in [-0.3, -0.25) is 0 Å². The molecule has 0 fully saturated rings. The molecule has 1 aromatic heterocycles. The Hall–Kier alpha value is 0.170. The lowest BCUT2D eigenvalue weighted by atomic mass is 10.1. The third kappa shape index (κ3) is 2.70. The van der Waals surface area contributed by atoms with Gasteiger partial charge in [0.05, 0.1) is 4.83 Å². The van der Waals surface area contributed by atoms with E-state index in [1.807, 2.05) is 0 Å². The van der Waals surface area contributed by atoms with Crippen molar-refractivity contribution in [2.75, 3.05) is 0 Å². The van der Waals surface area contributed by atoms with E-state index in [1.165, 1.54) is 16.0 Å². The molecule has 0 nitrogen and oxygen atoms in total. The van der Waals surface area contributed by atoms with E-state index in [4.69, 9.17) is 11.6 Å². The number of rotatable bonds is 2. The van der Waals surface area contributed by atoms with Crippen LogP contribution in [0.4, 0.5) is 0 Å². The molecule has 0 aliphatic heterocycles. The van der Waals surface area contributed by atoms with Gasteiger partial charge in [0.25, 0.3) is 0 Å². The highest BCUT2D eigenvalue weighted by atomic mass is 79.9. The summed E-state index contributed by atoms with van der Waals surface area (Å²) in [6.07, 6.45) is 0. The molecule has 0 aliphatic carbocycles. The zero-order valence-electron chi connectivity index (χ0n) is 8.51. The number of thiophene rings is 1. The van der Waals surface area contributed by atoms with Crippen molar-refractivity contribution in [2.45, 2.75) is 11.8 Å². The van der Waals surface area contributed by atoms with Crippen LogP contribution in [0, 0.1) is 6.92 Å². The molecule has 0 aliphatic rings. The Kier molecular flexibility index (Phi) is 4.11. The average molecular weight is 381 g/mol. The van der Waals surface area contributed by atoms with E-state index in [9.17, 15) is 0 Å². The molecule has 0 amide bonds. The lowest BCUT2D eigenvalue weighted by Gasteiger charge is -2.08. The van der Waals surface area contributed by atoms with E-state index in [0.717, 1.165) is 8.81 Å².